The molecule has 0 saturated heterocycles. The van der Waals surface area contributed by atoms with Crippen molar-refractivity contribution in [2.24, 2.45) is 0 Å². The van der Waals surface area contributed by atoms with Crippen LogP contribution in [-0.4, -0.2) is 25.7 Å². The number of amides is 2. The van der Waals surface area contributed by atoms with E-state index in [-0.39, 0.29) is 24.6 Å². The van der Waals surface area contributed by atoms with E-state index in [9.17, 15) is 22.8 Å². The number of methoxy groups -OCH3 is 1. The van der Waals surface area contributed by atoms with Crippen molar-refractivity contribution in [1.82, 2.24) is 10.6 Å². The van der Waals surface area contributed by atoms with Crippen LogP contribution in [0.25, 0.3) is 11.1 Å². The molecule has 3 rings (SSSR count). The summed E-state index contributed by atoms with van der Waals surface area (Å²) in [7, 11) is 1.45. The molecule has 214 valence electrons. The molecule has 2 amide bonds. The van der Waals surface area contributed by atoms with Gasteiger partial charge in [0.25, 0.3) is 0 Å². The summed E-state index contributed by atoms with van der Waals surface area (Å²) in [6.45, 7) is 5.49. The van der Waals surface area contributed by atoms with Crippen molar-refractivity contribution in [3.8, 4) is 16.9 Å². The standard InChI is InChI=1S/C30H32ClF3N2O4/c1-5-26(36-29(38)35-18(3)20-8-11-22(31)12-9-20)24-17-21(30(32,33)34)10-13-23(24)25-15-19(7-14-27(25)39-4)16-28(37)40-6-2/h7-15,17-18,26H,5-6,16H2,1-4H3,(H2,35,36,38)/t18-,26?/m1/s1. The van der Waals surface area contributed by atoms with E-state index in [1.165, 1.54) is 13.2 Å². The Bertz CT molecular complexity index is 1330. The van der Waals surface area contributed by atoms with Crippen molar-refractivity contribution in [2.45, 2.75) is 51.9 Å². The molecule has 0 saturated carbocycles. The molecule has 3 aromatic carbocycles. The number of halogens is 4. The predicted octanol–water partition coefficient (Wildman–Crippen LogP) is 7.65. The number of rotatable bonds is 10. The number of carbonyl (C=O) groups is 2. The topological polar surface area (TPSA) is 76.7 Å². The molecule has 0 aromatic heterocycles. The molecule has 0 fully saturated rings. The zero-order valence-corrected chi connectivity index (χ0v) is 23.5. The van der Waals surface area contributed by atoms with Crippen molar-refractivity contribution in [2.75, 3.05) is 13.7 Å². The van der Waals surface area contributed by atoms with Gasteiger partial charge in [-0.1, -0.05) is 42.8 Å². The fourth-order valence-electron chi connectivity index (χ4n) is 4.36. The molecule has 40 heavy (non-hydrogen) atoms. The Kier molecular flexibility index (Phi) is 10.5. The van der Waals surface area contributed by atoms with Crippen LogP contribution in [0.4, 0.5) is 18.0 Å². The van der Waals surface area contributed by atoms with Crippen molar-refractivity contribution >= 4 is 23.6 Å². The molecular formula is C30H32ClF3N2O4. The van der Waals surface area contributed by atoms with Gasteiger partial charge in [-0.25, -0.2) is 4.79 Å². The van der Waals surface area contributed by atoms with Gasteiger partial charge in [0.05, 0.1) is 37.8 Å². The van der Waals surface area contributed by atoms with Gasteiger partial charge >= 0.3 is 18.2 Å². The van der Waals surface area contributed by atoms with Crippen LogP contribution in [0.3, 0.4) is 0 Å². The molecule has 3 aromatic rings. The molecule has 0 bridgehead atoms. The molecule has 10 heteroatoms. The molecule has 0 heterocycles. The van der Waals surface area contributed by atoms with E-state index in [2.05, 4.69) is 10.6 Å². The summed E-state index contributed by atoms with van der Waals surface area (Å²) in [5.41, 5.74) is 1.77. The highest BCUT2D eigenvalue weighted by molar-refractivity contribution is 6.30. The number of nitrogens with one attached hydrogen (secondary N) is 2. The maximum Gasteiger partial charge on any atom is 0.416 e. The first-order valence-corrected chi connectivity index (χ1v) is 13.2. The van der Waals surface area contributed by atoms with Gasteiger partial charge in [0.2, 0.25) is 0 Å². The Morgan fingerprint density at radius 2 is 1.65 bits per heavy atom. The highest BCUT2D eigenvalue weighted by Gasteiger charge is 2.32. The predicted molar refractivity (Wildman–Crippen MR) is 148 cm³/mol. The van der Waals surface area contributed by atoms with Crippen molar-refractivity contribution in [1.29, 1.82) is 0 Å². The Hall–Kier alpha value is -3.72. The fourth-order valence-corrected chi connectivity index (χ4v) is 4.48. The first kappa shape index (κ1) is 30.8. The summed E-state index contributed by atoms with van der Waals surface area (Å²) in [6, 6.07) is 13.7. The smallest absolute Gasteiger partial charge is 0.416 e. The SMILES string of the molecule is CCOC(=O)Cc1ccc(OC)c(-c2ccc(C(F)(F)F)cc2C(CC)NC(=O)N[C@H](C)c2ccc(Cl)cc2)c1. The van der Waals surface area contributed by atoms with Gasteiger partial charge in [-0.15, -0.1) is 0 Å². The Morgan fingerprint density at radius 3 is 2.25 bits per heavy atom. The minimum Gasteiger partial charge on any atom is -0.496 e. The molecule has 0 aliphatic rings. The van der Waals surface area contributed by atoms with Gasteiger partial charge in [0.1, 0.15) is 5.75 Å². The third-order valence-corrected chi connectivity index (χ3v) is 6.65. The summed E-state index contributed by atoms with van der Waals surface area (Å²) in [5, 5.41) is 6.22. The molecule has 6 nitrogen and oxygen atoms in total. The molecule has 2 atom stereocenters. The van der Waals surface area contributed by atoms with E-state index in [4.69, 9.17) is 21.1 Å². The molecular weight excluding hydrogens is 545 g/mol. The second kappa shape index (κ2) is 13.6. The highest BCUT2D eigenvalue weighted by atomic mass is 35.5. The van der Waals surface area contributed by atoms with E-state index < -0.39 is 29.8 Å². The van der Waals surface area contributed by atoms with Crippen LogP contribution in [0.1, 0.15) is 61.5 Å². The van der Waals surface area contributed by atoms with Crippen LogP contribution >= 0.6 is 11.6 Å². The normalized spacial score (nSPS) is 12.8. The van der Waals surface area contributed by atoms with Crippen LogP contribution in [0.5, 0.6) is 5.75 Å². The summed E-state index contributed by atoms with van der Waals surface area (Å²) in [5.74, 6) is -0.0184. The van der Waals surface area contributed by atoms with E-state index in [1.54, 1.807) is 63.2 Å². The second-order valence-corrected chi connectivity index (χ2v) is 9.60. The first-order valence-electron chi connectivity index (χ1n) is 12.8. The number of alkyl halides is 3. The zero-order valence-electron chi connectivity index (χ0n) is 22.7. The maximum atomic E-state index is 13.8. The Morgan fingerprint density at radius 1 is 0.950 bits per heavy atom. The second-order valence-electron chi connectivity index (χ2n) is 9.17. The maximum absolute atomic E-state index is 13.8. The molecule has 0 spiro atoms. The van der Waals surface area contributed by atoms with Crippen molar-refractivity contribution in [3.05, 3.63) is 87.9 Å². The summed E-state index contributed by atoms with van der Waals surface area (Å²) in [4.78, 5) is 25.1. The minimum absolute atomic E-state index is 0.0126. The Balaban J connectivity index is 2.00. The molecule has 1 unspecified atom stereocenters. The molecule has 2 N–H and O–H groups in total. The average molecular weight is 577 g/mol. The van der Waals surface area contributed by atoms with E-state index >= 15 is 0 Å². The third-order valence-electron chi connectivity index (χ3n) is 6.39. The number of benzene rings is 3. The van der Waals surface area contributed by atoms with E-state index in [1.807, 2.05) is 0 Å². The van der Waals surface area contributed by atoms with Gasteiger partial charge in [-0.05, 0) is 78.9 Å². The lowest BCUT2D eigenvalue weighted by molar-refractivity contribution is -0.142. The number of hydrogen-bond acceptors (Lipinski definition) is 4. The largest absolute Gasteiger partial charge is 0.496 e. The van der Waals surface area contributed by atoms with Crippen LogP contribution in [-0.2, 0) is 22.1 Å². The molecule has 0 radical (unpaired) electrons. The quantitative estimate of drug-likeness (QED) is 0.243. The number of urea groups is 1. The number of ether oxygens (including phenoxy) is 2. The van der Waals surface area contributed by atoms with Crippen LogP contribution in [0.15, 0.2) is 60.7 Å². The number of carbonyl (C=O) groups excluding carboxylic acids is 2. The lowest BCUT2D eigenvalue weighted by Gasteiger charge is -2.25. The molecule has 0 aliphatic carbocycles. The molecule has 0 aliphatic heterocycles. The lowest BCUT2D eigenvalue weighted by Crippen LogP contribution is -2.39. The monoisotopic (exact) mass is 576 g/mol. The summed E-state index contributed by atoms with van der Waals surface area (Å²) >= 11 is 5.95. The van der Waals surface area contributed by atoms with Crippen LogP contribution < -0.4 is 15.4 Å². The van der Waals surface area contributed by atoms with Gasteiger partial charge in [0.15, 0.2) is 0 Å². The zero-order chi connectivity index (χ0) is 29.4. The van der Waals surface area contributed by atoms with Gasteiger partial charge < -0.3 is 20.1 Å². The van der Waals surface area contributed by atoms with E-state index in [0.717, 1.165) is 17.7 Å². The van der Waals surface area contributed by atoms with Crippen molar-refractivity contribution < 1.29 is 32.2 Å². The van der Waals surface area contributed by atoms with Gasteiger partial charge in [-0.3, -0.25) is 4.79 Å². The van der Waals surface area contributed by atoms with E-state index in [0.29, 0.717) is 33.9 Å². The Labute approximate surface area is 236 Å². The highest BCUT2D eigenvalue weighted by Crippen LogP contribution is 2.40. The number of hydrogen-bond donors (Lipinski definition) is 2. The van der Waals surface area contributed by atoms with Gasteiger partial charge in [-0.2, -0.15) is 13.2 Å². The lowest BCUT2D eigenvalue weighted by atomic mass is 9.90. The van der Waals surface area contributed by atoms with Crippen LogP contribution in [0, 0.1) is 0 Å². The number of esters is 1. The van der Waals surface area contributed by atoms with Gasteiger partial charge in [0, 0.05) is 10.6 Å². The summed E-state index contributed by atoms with van der Waals surface area (Å²) in [6.07, 6.45) is -4.30. The summed E-state index contributed by atoms with van der Waals surface area (Å²) < 4.78 is 51.8. The van der Waals surface area contributed by atoms with Crippen LogP contribution in [0.2, 0.25) is 5.02 Å². The minimum atomic E-state index is -4.59. The average Bonchev–Trinajstić information content (AvgIpc) is 2.91. The first-order chi connectivity index (χ1) is 19.0. The van der Waals surface area contributed by atoms with Crippen molar-refractivity contribution in [3.63, 3.8) is 0 Å². The fraction of sp³-hybridized carbons (Fsp3) is 0.333. The third kappa shape index (κ3) is 7.91.